The summed E-state index contributed by atoms with van der Waals surface area (Å²) in [4.78, 5) is 26.8. The minimum absolute atomic E-state index is 0.0242. The average Bonchev–Trinajstić information content (AvgIpc) is 3.81. The number of fused-ring (bicyclic) bond motifs is 4. The second-order valence-electron chi connectivity index (χ2n) is 14.0. The van der Waals surface area contributed by atoms with Gasteiger partial charge < -0.3 is 4.74 Å². The van der Waals surface area contributed by atoms with E-state index in [9.17, 15) is 0 Å². The lowest BCUT2D eigenvalue weighted by molar-refractivity contribution is 0.260. The first-order chi connectivity index (χ1) is 27.6. The van der Waals surface area contributed by atoms with E-state index in [1.54, 1.807) is 0 Å². The first-order valence-corrected chi connectivity index (χ1v) is 19.6. The predicted molar refractivity (Wildman–Crippen MR) is 227 cm³/mol. The maximum atomic E-state index is 6.77. The molecule has 0 saturated carbocycles. The molecule has 4 heterocycles. The normalized spacial score (nSPS) is 18.5. The van der Waals surface area contributed by atoms with Gasteiger partial charge in [-0.05, 0) is 40.5 Å². The number of amidine groups is 1. The van der Waals surface area contributed by atoms with Crippen LogP contribution in [0, 0.1) is 0 Å². The van der Waals surface area contributed by atoms with Crippen molar-refractivity contribution in [3.05, 3.63) is 205 Å². The molecule has 0 spiro atoms. The van der Waals surface area contributed by atoms with Crippen molar-refractivity contribution in [1.82, 2.24) is 15.0 Å². The predicted octanol–water partition coefficient (Wildman–Crippen LogP) is 11.1. The number of aromatic nitrogens is 3. The summed E-state index contributed by atoms with van der Waals surface area (Å²) >= 11 is 1.85. The summed E-state index contributed by atoms with van der Waals surface area (Å²) in [7, 11) is 0. The van der Waals surface area contributed by atoms with Crippen LogP contribution in [0.3, 0.4) is 0 Å². The van der Waals surface area contributed by atoms with Crippen molar-refractivity contribution < 1.29 is 4.74 Å². The number of hydrogen-bond donors (Lipinski definition) is 0. The van der Waals surface area contributed by atoms with Crippen LogP contribution in [-0.4, -0.2) is 37.9 Å². The molecule has 4 unspecified atom stereocenters. The molecule has 3 aliphatic heterocycles. The number of aliphatic imine (C=N–C) groups is 2. The van der Waals surface area contributed by atoms with Crippen LogP contribution in [0.5, 0.6) is 5.75 Å². The molecule has 1 aromatic heterocycles. The fourth-order valence-corrected chi connectivity index (χ4v) is 9.28. The molecule has 0 radical (unpaired) electrons. The Labute approximate surface area is 330 Å². The standard InChI is InChI=1S/C49H35N5OS/c1-3-36(34-23-15-24-35(29-34)48-50-42(31-17-7-4-8-18-31)45-43(51-48)37-25-13-14-28-40(37)56-45)44-30(2)41-38(26-16-27-39(41)55-44)49-53-46(32-19-9-5-10-20-32)52-47(54-49)33-21-11-6-12-22-33/h3-29,36,43-45H,1-2H2. The first kappa shape index (κ1) is 33.8. The van der Waals surface area contributed by atoms with Crippen LogP contribution in [0.25, 0.3) is 39.7 Å². The lowest BCUT2D eigenvalue weighted by Gasteiger charge is -2.25. The van der Waals surface area contributed by atoms with E-state index in [0.29, 0.717) is 17.5 Å². The van der Waals surface area contributed by atoms with E-state index in [4.69, 9.17) is 29.7 Å². The van der Waals surface area contributed by atoms with Crippen LogP contribution >= 0.6 is 11.8 Å². The van der Waals surface area contributed by atoms with E-state index >= 15 is 0 Å². The third-order valence-corrected chi connectivity index (χ3v) is 12.0. The van der Waals surface area contributed by atoms with E-state index < -0.39 is 6.10 Å². The maximum Gasteiger partial charge on any atom is 0.164 e. The third-order valence-electron chi connectivity index (χ3n) is 10.6. The minimum Gasteiger partial charge on any atom is -0.484 e. The molecule has 6 aromatic carbocycles. The summed E-state index contributed by atoms with van der Waals surface area (Å²) in [6, 6.07) is 53.5. The van der Waals surface area contributed by atoms with Gasteiger partial charge in [0.25, 0.3) is 0 Å². The molecule has 0 N–H and O–H groups in total. The van der Waals surface area contributed by atoms with Crippen LogP contribution < -0.4 is 4.74 Å². The number of benzene rings is 6. The summed E-state index contributed by atoms with van der Waals surface area (Å²) in [5.74, 6) is 3.01. The zero-order valence-electron chi connectivity index (χ0n) is 30.4. The highest BCUT2D eigenvalue weighted by atomic mass is 32.2. The second kappa shape index (κ2) is 14.2. The van der Waals surface area contributed by atoms with Gasteiger partial charge >= 0.3 is 0 Å². The highest BCUT2D eigenvalue weighted by Crippen LogP contribution is 2.50. The molecule has 4 atom stereocenters. The Balaban J connectivity index is 1.01. The SMILES string of the molecule is C=CC(c1cccc(C2=NC3c4ccccc4SC3C(c3ccccc3)=N2)c1)C1Oc2cccc(-c3nc(-c4ccccc4)nc(-c4ccccc4)n3)c2C1=C. The lowest BCUT2D eigenvalue weighted by atomic mass is 9.86. The highest BCUT2D eigenvalue weighted by Gasteiger charge is 2.40. The van der Waals surface area contributed by atoms with Crippen molar-refractivity contribution in [1.29, 1.82) is 0 Å². The molecule has 0 amide bonds. The molecule has 56 heavy (non-hydrogen) atoms. The second-order valence-corrected chi connectivity index (χ2v) is 15.2. The Kier molecular flexibility index (Phi) is 8.57. The van der Waals surface area contributed by atoms with Crippen molar-refractivity contribution in [2.24, 2.45) is 9.98 Å². The Morgan fingerprint density at radius 1 is 0.625 bits per heavy atom. The average molecular weight is 742 g/mol. The summed E-state index contributed by atoms with van der Waals surface area (Å²) in [6.45, 7) is 8.94. The van der Waals surface area contributed by atoms with Gasteiger partial charge in [0.15, 0.2) is 23.3 Å². The molecule has 0 fully saturated rings. The van der Waals surface area contributed by atoms with Crippen LogP contribution in [0.15, 0.2) is 192 Å². The zero-order valence-corrected chi connectivity index (χ0v) is 31.2. The fourth-order valence-electron chi connectivity index (χ4n) is 7.89. The molecule has 7 heteroatoms. The molecule has 0 bridgehead atoms. The van der Waals surface area contributed by atoms with Gasteiger partial charge in [-0.25, -0.2) is 19.9 Å². The number of rotatable bonds is 8. The molecule has 0 aliphatic carbocycles. The van der Waals surface area contributed by atoms with E-state index in [1.165, 1.54) is 10.5 Å². The monoisotopic (exact) mass is 741 g/mol. The molecule has 10 rings (SSSR count). The smallest absolute Gasteiger partial charge is 0.164 e. The number of ether oxygens (including phenoxy) is 1. The van der Waals surface area contributed by atoms with Gasteiger partial charge in [-0.2, -0.15) is 0 Å². The van der Waals surface area contributed by atoms with Crippen LogP contribution in [0.4, 0.5) is 0 Å². The van der Waals surface area contributed by atoms with Crippen molar-refractivity contribution in [3.63, 3.8) is 0 Å². The van der Waals surface area contributed by atoms with E-state index in [-0.39, 0.29) is 17.2 Å². The molecule has 7 aromatic rings. The topological polar surface area (TPSA) is 72.6 Å². The van der Waals surface area contributed by atoms with Gasteiger partial charge in [-0.1, -0.05) is 152 Å². The summed E-state index contributed by atoms with van der Waals surface area (Å²) in [6.07, 6.45) is 1.55. The molecular weight excluding hydrogens is 707 g/mol. The number of hydrogen-bond acceptors (Lipinski definition) is 7. The van der Waals surface area contributed by atoms with E-state index in [2.05, 4.69) is 86.0 Å². The van der Waals surface area contributed by atoms with Gasteiger partial charge in [0, 0.05) is 38.6 Å². The molecule has 3 aliphatic rings. The summed E-state index contributed by atoms with van der Waals surface area (Å²) in [5.41, 5.74) is 9.80. The van der Waals surface area contributed by atoms with Gasteiger partial charge in [0.2, 0.25) is 0 Å². The van der Waals surface area contributed by atoms with Crippen LogP contribution in [-0.2, 0) is 0 Å². The van der Waals surface area contributed by atoms with Crippen molar-refractivity contribution in [3.8, 4) is 39.9 Å². The minimum atomic E-state index is -0.401. The van der Waals surface area contributed by atoms with E-state index in [1.807, 2.05) is 103 Å². The van der Waals surface area contributed by atoms with Gasteiger partial charge in [-0.3, -0.25) is 4.99 Å². The fraction of sp³-hybridized carbons (Fsp3) is 0.0816. The quantitative estimate of drug-likeness (QED) is 0.145. The third kappa shape index (κ3) is 5.97. The van der Waals surface area contributed by atoms with Gasteiger partial charge in [-0.15, -0.1) is 18.3 Å². The summed E-state index contributed by atoms with van der Waals surface area (Å²) in [5, 5.41) is 0.113. The largest absolute Gasteiger partial charge is 0.484 e. The Hall–Kier alpha value is -6.70. The number of nitrogens with zero attached hydrogens (tertiary/aromatic N) is 5. The van der Waals surface area contributed by atoms with Gasteiger partial charge in [0.05, 0.1) is 17.0 Å². The van der Waals surface area contributed by atoms with Gasteiger partial charge in [0.1, 0.15) is 11.9 Å². The highest BCUT2D eigenvalue weighted by molar-refractivity contribution is 8.01. The van der Waals surface area contributed by atoms with Crippen molar-refractivity contribution >= 4 is 28.9 Å². The molecule has 0 saturated heterocycles. The first-order valence-electron chi connectivity index (χ1n) is 18.7. The number of thioether (sulfide) groups is 1. The lowest BCUT2D eigenvalue weighted by Crippen LogP contribution is -2.28. The maximum absolute atomic E-state index is 6.77. The molecular formula is C49H35N5OS. The Morgan fingerprint density at radius 2 is 1.23 bits per heavy atom. The van der Waals surface area contributed by atoms with Crippen molar-refractivity contribution in [2.45, 2.75) is 28.2 Å². The zero-order chi connectivity index (χ0) is 37.6. The molecule has 268 valence electrons. The van der Waals surface area contributed by atoms with Crippen LogP contribution in [0.1, 0.15) is 39.8 Å². The van der Waals surface area contributed by atoms with Crippen LogP contribution in [0.2, 0.25) is 0 Å². The summed E-state index contributed by atoms with van der Waals surface area (Å²) < 4.78 is 6.77. The molecule has 6 nitrogen and oxygen atoms in total. The Morgan fingerprint density at radius 3 is 1.93 bits per heavy atom. The Bertz CT molecular complexity index is 2650. The van der Waals surface area contributed by atoms with Crippen molar-refractivity contribution in [2.75, 3.05) is 0 Å². The van der Waals surface area contributed by atoms with E-state index in [0.717, 1.165) is 61.8 Å².